The van der Waals surface area contributed by atoms with E-state index < -0.39 is 7.63 Å². The van der Waals surface area contributed by atoms with Crippen molar-refractivity contribution in [3.63, 3.8) is 0 Å². The molecule has 0 heterocycles. The van der Waals surface area contributed by atoms with Crippen molar-refractivity contribution in [2.24, 2.45) is 0 Å². The molecule has 0 aliphatic heterocycles. The lowest BCUT2D eigenvalue weighted by Crippen LogP contribution is -2.22. The molecule has 3 heteroatoms. The van der Waals surface area contributed by atoms with Gasteiger partial charge in [-0.25, -0.2) is 0 Å². The lowest BCUT2D eigenvalue weighted by atomic mass is 10.1. The summed E-state index contributed by atoms with van der Waals surface area (Å²) in [6.45, 7) is 7.14. The lowest BCUT2D eigenvalue weighted by Gasteiger charge is -2.13. The Labute approximate surface area is 88.7 Å². The monoisotopic (exact) mass is 222 g/mol. The lowest BCUT2D eigenvalue weighted by molar-refractivity contribution is 0.306. The van der Waals surface area contributed by atoms with Gasteiger partial charge in [0.15, 0.2) is 0 Å². The SMILES string of the molecule is CCCCCCCCO[Si](C)(C)Cl. The van der Waals surface area contributed by atoms with Crippen LogP contribution in [-0.4, -0.2) is 14.2 Å². The van der Waals surface area contributed by atoms with E-state index in [2.05, 4.69) is 6.92 Å². The summed E-state index contributed by atoms with van der Waals surface area (Å²) < 4.78 is 5.54. The van der Waals surface area contributed by atoms with E-state index in [1.54, 1.807) is 0 Å². The molecule has 0 rings (SSSR count). The quantitative estimate of drug-likeness (QED) is 0.338. The fourth-order valence-electron chi connectivity index (χ4n) is 1.20. The molecule has 80 valence electrons. The largest absolute Gasteiger partial charge is 0.403 e. The molecule has 0 spiro atoms. The molecule has 0 aliphatic rings. The summed E-state index contributed by atoms with van der Waals surface area (Å²) in [5.41, 5.74) is 0. The minimum absolute atomic E-state index is 0.856. The number of hydrogen-bond acceptors (Lipinski definition) is 1. The third kappa shape index (κ3) is 12.5. The van der Waals surface area contributed by atoms with Gasteiger partial charge in [-0.2, -0.15) is 0 Å². The minimum Gasteiger partial charge on any atom is -0.403 e. The Morgan fingerprint density at radius 1 is 1.00 bits per heavy atom. The first kappa shape index (κ1) is 13.5. The Hall–Kier alpha value is 0.467. The molecule has 0 aromatic rings. The van der Waals surface area contributed by atoms with Crippen LogP contribution in [0.4, 0.5) is 0 Å². The summed E-state index contributed by atoms with van der Waals surface area (Å²) >= 11 is 6.01. The molecule has 0 saturated carbocycles. The second-order valence-electron chi connectivity index (χ2n) is 3.98. The second kappa shape index (κ2) is 7.83. The second-order valence-corrected chi connectivity index (χ2v) is 9.73. The van der Waals surface area contributed by atoms with E-state index >= 15 is 0 Å². The Morgan fingerprint density at radius 3 is 2.08 bits per heavy atom. The molecule has 0 bridgehead atoms. The molecule has 0 aliphatic carbocycles. The van der Waals surface area contributed by atoms with Crippen LogP contribution in [0.3, 0.4) is 0 Å². The molecule has 1 nitrogen and oxygen atoms in total. The van der Waals surface area contributed by atoms with Crippen molar-refractivity contribution in [1.29, 1.82) is 0 Å². The van der Waals surface area contributed by atoms with Gasteiger partial charge < -0.3 is 4.43 Å². The van der Waals surface area contributed by atoms with E-state index in [4.69, 9.17) is 15.5 Å². The number of unbranched alkanes of at least 4 members (excludes halogenated alkanes) is 5. The van der Waals surface area contributed by atoms with Crippen LogP contribution in [0.25, 0.3) is 0 Å². The average Bonchev–Trinajstić information content (AvgIpc) is 2.01. The van der Waals surface area contributed by atoms with Gasteiger partial charge in [0.25, 0.3) is 7.63 Å². The molecule has 0 N–H and O–H groups in total. The zero-order valence-electron chi connectivity index (χ0n) is 9.24. The topological polar surface area (TPSA) is 9.23 Å². The van der Waals surface area contributed by atoms with Crippen LogP contribution < -0.4 is 0 Å². The fraction of sp³-hybridized carbons (Fsp3) is 1.00. The smallest absolute Gasteiger partial charge is 0.283 e. The third-order valence-electron chi connectivity index (χ3n) is 1.94. The summed E-state index contributed by atoms with van der Waals surface area (Å²) in [6.07, 6.45) is 7.88. The zero-order chi connectivity index (χ0) is 10.2. The molecule has 0 amide bonds. The van der Waals surface area contributed by atoms with Crippen molar-refractivity contribution in [1.82, 2.24) is 0 Å². The van der Waals surface area contributed by atoms with Crippen molar-refractivity contribution in [2.75, 3.05) is 6.61 Å². The highest BCUT2D eigenvalue weighted by Gasteiger charge is 2.16. The first-order chi connectivity index (χ1) is 6.06. The molecule has 0 atom stereocenters. The highest BCUT2D eigenvalue weighted by molar-refractivity contribution is 7.15. The average molecular weight is 223 g/mol. The number of rotatable bonds is 8. The van der Waals surface area contributed by atoms with Crippen LogP contribution in [-0.2, 0) is 4.43 Å². The molecule has 13 heavy (non-hydrogen) atoms. The highest BCUT2D eigenvalue weighted by atomic mass is 35.6. The number of halogens is 1. The van der Waals surface area contributed by atoms with Gasteiger partial charge in [-0.3, -0.25) is 0 Å². The molecule has 0 radical (unpaired) electrons. The normalized spacial score (nSPS) is 12.0. The van der Waals surface area contributed by atoms with Crippen molar-refractivity contribution >= 4 is 18.7 Å². The maximum atomic E-state index is 6.01. The first-order valence-corrected chi connectivity index (χ1v) is 9.31. The van der Waals surface area contributed by atoms with Gasteiger partial charge in [-0.05, 0) is 19.5 Å². The molecular weight excluding hydrogens is 200 g/mol. The summed E-state index contributed by atoms with van der Waals surface area (Å²) in [5.74, 6) is 0. The van der Waals surface area contributed by atoms with Crippen molar-refractivity contribution in [2.45, 2.75) is 58.5 Å². The maximum absolute atomic E-state index is 6.01. The molecular formula is C10H23ClOSi. The molecule has 0 aromatic carbocycles. The number of hydrogen-bond donors (Lipinski definition) is 0. The van der Waals surface area contributed by atoms with Crippen LogP contribution >= 0.6 is 11.1 Å². The predicted molar refractivity (Wildman–Crippen MR) is 62.7 cm³/mol. The predicted octanol–water partition coefficient (Wildman–Crippen LogP) is 4.30. The van der Waals surface area contributed by atoms with Crippen LogP contribution in [0, 0.1) is 0 Å². The van der Waals surface area contributed by atoms with E-state index in [0.29, 0.717) is 0 Å². The van der Waals surface area contributed by atoms with E-state index in [1.165, 1.54) is 38.5 Å². The van der Waals surface area contributed by atoms with Gasteiger partial charge >= 0.3 is 0 Å². The fourth-order valence-corrected chi connectivity index (χ4v) is 2.06. The molecule has 0 saturated heterocycles. The van der Waals surface area contributed by atoms with E-state index in [-0.39, 0.29) is 0 Å². The van der Waals surface area contributed by atoms with Crippen molar-refractivity contribution in [3.05, 3.63) is 0 Å². The Bertz CT molecular complexity index is 112. The summed E-state index contributed by atoms with van der Waals surface area (Å²) in [6, 6.07) is 0. The third-order valence-corrected chi connectivity index (χ3v) is 3.16. The first-order valence-electron chi connectivity index (χ1n) is 5.39. The Morgan fingerprint density at radius 2 is 1.54 bits per heavy atom. The van der Waals surface area contributed by atoms with E-state index in [1.807, 2.05) is 13.1 Å². The Kier molecular flexibility index (Phi) is 8.11. The molecule has 0 fully saturated rings. The highest BCUT2D eigenvalue weighted by Crippen LogP contribution is 2.11. The maximum Gasteiger partial charge on any atom is 0.283 e. The minimum atomic E-state index is -1.76. The standard InChI is InChI=1S/C10H23ClOSi/c1-4-5-6-7-8-9-10-12-13(2,3)11/h4-10H2,1-3H3. The van der Waals surface area contributed by atoms with Crippen molar-refractivity contribution < 1.29 is 4.43 Å². The molecule has 0 unspecified atom stereocenters. The van der Waals surface area contributed by atoms with Crippen LogP contribution in [0.2, 0.25) is 13.1 Å². The summed E-state index contributed by atoms with van der Waals surface area (Å²) in [7, 11) is -1.76. The van der Waals surface area contributed by atoms with E-state index in [9.17, 15) is 0 Å². The van der Waals surface area contributed by atoms with Crippen LogP contribution in [0.15, 0.2) is 0 Å². The summed E-state index contributed by atoms with van der Waals surface area (Å²) in [4.78, 5) is 0. The summed E-state index contributed by atoms with van der Waals surface area (Å²) in [5, 5.41) is 0. The van der Waals surface area contributed by atoms with Crippen molar-refractivity contribution in [3.8, 4) is 0 Å². The Balaban J connectivity index is 3.00. The van der Waals surface area contributed by atoms with Crippen LogP contribution in [0.1, 0.15) is 45.4 Å². The van der Waals surface area contributed by atoms with Crippen LogP contribution in [0.5, 0.6) is 0 Å². The van der Waals surface area contributed by atoms with Gasteiger partial charge in [-0.1, -0.05) is 39.0 Å². The zero-order valence-corrected chi connectivity index (χ0v) is 11.0. The van der Waals surface area contributed by atoms with Gasteiger partial charge in [0.1, 0.15) is 0 Å². The van der Waals surface area contributed by atoms with Gasteiger partial charge in [0, 0.05) is 6.61 Å². The van der Waals surface area contributed by atoms with Gasteiger partial charge in [0.05, 0.1) is 0 Å². The molecule has 0 aromatic heterocycles. The van der Waals surface area contributed by atoms with Gasteiger partial charge in [-0.15, -0.1) is 11.1 Å². The van der Waals surface area contributed by atoms with E-state index in [0.717, 1.165) is 6.61 Å². The van der Waals surface area contributed by atoms with Gasteiger partial charge in [0.2, 0.25) is 0 Å².